The first-order valence-electron chi connectivity index (χ1n) is 16.5. The Balaban J connectivity index is 1.76. The van der Waals surface area contributed by atoms with E-state index >= 15 is 0 Å². The molecule has 0 saturated carbocycles. The smallest absolute Gasteiger partial charge is 0.0806 e. The average Bonchev–Trinajstić information content (AvgIpc) is 3.35. The van der Waals surface area contributed by atoms with Crippen molar-refractivity contribution in [2.24, 2.45) is 0 Å². The molecule has 0 heterocycles. The van der Waals surface area contributed by atoms with Crippen LogP contribution in [0.5, 0.6) is 0 Å². The van der Waals surface area contributed by atoms with Crippen LogP contribution in [0, 0.1) is 0 Å². The third-order valence-electron chi connectivity index (χ3n) is 9.41. The molecule has 2 atom stereocenters. The Hall–Kier alpha value is -1.29. The molecule has 6 heteroatoms. The van der Waals surface area contributed by atoms with E-state index in [1.807, 2.05) is 0 Å². The normalized spacial score (nSPS) is 19.8. The Morgan fingerprint density at radius 3 is 1.17 bits per heavy atom. The van der Waals surface area contributed by atoms with Crippen LogP contribution in [-0.2, 0) is 0 Å². The van der Waals surface area contributed by atoms with Crippen molar-refractivity contribution in [2.45, 2.75) is 129 Å². The Morgan fingerprint density at radius 1 is 0.571 bits per heavy atom. The van der Waals surface area contributed by atoms with Crippen LogP contribution >= 0.6 is 0 Å². The zero-order valence-electron chi connectivity index (χ0n) is 29.3. The number of rotatable bonds is 9. The summed E-state index contributed by atoms with van der Waals surface area (Å²) >= 11 is 0. The second-order valence-corrected chi connectivity index (χ2v) is 32.5. The van der Waals surface area contributed by atoms with E-state index in [-0.39, 0.29) is 11.1 Å². The molecule has 4 rings (SSSR count). The fourth-order valence-corrected chi connectivity index (χ4v) is 24.4. The summed E-state index contributed by atoms with van der Waals surface area (Å²) in [4.78, 5) is 0. The fourth-order valence-electron chi connectivity index (χ4n) is 7.69. The molecule has 2 aliphatic rings. The van der Waals surface area contributed by atoms with Gasteiger partial charge in [-0.1, -0.05) is 134 Å². The lowest BCUT2D eigenvalue weighted by Gasteiger charge is -2.35. The van der Waals surface area contributed by atoms with E-state index in [1.165, 1.54) is 23.2 Å². The molecule has 0 amide bonds. The summed E-state index contributed by atoms with van der Waals surface area (Å²) in [6.45, 7) is 35.0. The first kappa shape index (κ1) is 33.6. The molecule has 0 spiro atoms. The topological polar surface area (TPSA) is 24.1 Å². The van der Waals surface area contributed by atoms with Crippen molar-refractivity contribution in [3.05, 3.63) is 81.2 Å². The average molecular weight is 633 g/mol. The van der Waals surface area contributed by atoms with Crippen LogP contribution in [0.15, 0.2) is 58.9 Å². The molecule has 2 aliphatic carbocycles. The van der Waals surface area contributed by atoms with Gasteiger partial charge in [0.15, 0.2) is 0 Å². The molecule has 0 fully saturated rings. The van der Waals surface area contributed by atoms with Crippen LogP contribution in [0.25, 0.3) is 10.4 Å². The molecule has 2 aromatic carbocycles. The van der Waals surface area contributed by atoms with Gasteiger partial charge in [0.05, 0.1) is 45.8 Å². The molecule has 2 N–H and O–H groups in total. The van der Waals surface area contributed by atoms with E-state index in [1.54, 1.807) is 31.9 Å². The molecule has 42 heavy (non-hydrogen) atoms. The lowest BCUT2D eigenvalue weighted by molar-refractivity contribution is 0.395. The van der Waals surface area contributed by atoms with Crippen LogP contribution in [0.3, 0.4) is 0 Å². The van der Waals surface area contributed by atoms with Gasteiger partial charge < -0.3 is 10.6 Å². The monoisotopic (exact) mass is 632 g/mol. The highest BCUT2D eigenvalue weighted by Crippen LogP contribution is 2.51. The maximum atomic E-state index is 4.08. The fraction of sp³-hybridized carbons (Fsp3) is 0.556. The Labute approximate surface area is 264 Å². The third-order valence-corrected chi connectivity index (χ3v) is 21.0. The Morgan fingerprint density at radius 2 is 0.881 bits per heavy atom. The second-order valence-electron chi connectivity index (χ2n) is 17.1. The van der Waals surface area contributed by atoms with Crippen molar-refractivity contribution in [3.63, 3.8) is 0 Å². The summed E-state index contributed by atoms with van der Waals surface area (Å²) in [5.74, 6) is 0. The van der Waals surface area contributed by atoms with Crippen LogP contribution in [-0.4, -0.2) is 44.8 Å². The standard InChI is InChI=1S/C36H60N2Si4/c1-35(2,3)37-29-25-19-15-17-21-27(25)33(31(29)39(7)8)41(11,12)23-24-42(13,14)34-28-22-18-16-20-26(28)30(32(34)40(9)10)38-36(4,5)6/h15-22,29-30,37-40H,23-24H2,1-14H3. The summed E-state index contributed by atoms with van der Waals surface area (Å²) in [5.41, 5.74) is 6.38. The van der Waals surface area contributed by atoms with Crippen molar-refractivity contribution in [2.75, 3.05) is 0 Å². The summed E-state index contributed by atoms with van der Waals surface area (Å²) in [6.07, 6.45) is 0. The lowest BCUT2D eigenvalue weighted by Crippen LogP contribution is -2.41. The van der Waals surface area contributed by atoms with Gasteiger partial charge in [0.1, 0.15) is 0 Å². The van der Waals surface area contributed by atoms with E-state index in [2.05, 4.69) is 153 Å². The minimum absolute atomic E-state index is 0.0828. The van der Waals surface area contributed by atoms with Gasteiger partial charge in [-0.2, -0.15) is 0 Å². The predicted molar refractivity (Wildman–Crippen MR) is 200 cm³/mol. The van der Waals surface area contributed by atoms with Crippen molar-refractivity contribution < 1.29 is 0 Å². The van der Waals surface area contributed by atoms with Gasteiger partial charge in [-0.25, -0.2) is 0 Å². The zero-order valence-corrected chi connectivity index (χ0v) is 33.7. The van der Waals surface area contributed by atoms with Crippen molar-refractivity contribution in [1.82, 2.24) is 10.6 Å². The van der Waals surface area contributed by atoms with Gasteiger partial charge in [0.2, 0.25) is 0 Å². The van der Waals surface area contributed by atoms with Gasteiger partial charge >= 0.3 is 0 Å². The van der Waals surface area contributed by atoms with Crippen LogP contribution in [0.1, 0.15) is 75.9 Å². The van der Waals surface area contributed by atoms with Crippen molar-refractivity contribution in [1.29, 1.82) is 0 Å². The quantitative estimate of drug-likeness (QED) is 0.269. The van der Waals surface area contributed by atoms with Crippen LogP contribution < -0.4 is 10.6 Å². The summed E-state index contributed by atoms with van der Waals surface area (Å²) in [6, 6.07) is 22.3. The van der Waals surface area contributed by atoms with Gasteiger partial charge in [-0.05, 0) is 63.8 Å². The molecule has 0 radical (unpaired) electrons. The van der Waals surface area contributed by atoms with E-state index in [9.17, 15) is 0 Å². The molecule has 230 valence electrons. The molecule has 0 aromatic heterocycles. The first-order chi connectivity index (χ1) is 19.3. The number of nitrogens with one attached hydrogen (secondary N) is 2. The van der Waals surface area contributed by atoms with Gasteiger partial charge in [-0.15, -0.1) is 0 Å². The maximum Gasteiger partial charge on any atom is 0.0806 e. The van der Waals surface area contributed by atoms with Crippen molar-refractivity contribution in [3.8, 4) is 0 Å². The first-order valence-corrected chi connectivity index (χ1v) is 28.7. The van der Waals surface area contributed by atoms with Crippen LogP contribution in [0.4, 0.5) is 0 Å². The number of benzene rings is 2. The molecular weight excluding hydrogens is 573 g/mol. The minimum Gasteiger partial charge on any atom is -0.302 e. The highest BCUT2D eigenvalue weighted by atomic mass is 28.3. The number of hydrogen-bond donors (Lipinski definition) is 2. The Bertz CT molecular complexity index is 1260. The molecule has 0 bridgehead atoms. The van der Waals surface area contributed by atoms with Gasteiger partial charge in [0.25, 0.3) is 0 Å². The minimum atomic E-state index is -1.74. The summed E-state index contributed by atoms with van der Waals surface area (Å²) < 4.78 is 0. The number of fused-ring (bicyclic) bond motifs is 2. The van der Waals surface area contributed by atoms with E-state index in [0.29, 0.717) is 12.1 Å². The molecule has 2 unspecified atom stereocenters. The molecule has 0 saturated heterocycles. The van der Waals surface area contributed by atoms with E-state index in [4.69, 9.17) is 0 Å². The van der Waals surface area contributed by atoms with E-state index < -0.39 is 33.7 Å². The summed E-state index contributed by atoms with van der Waals surface area (Å²) in [5, 5.41) is 15.4. The summed E-state index contributed by atoms with van der Waals surface area (Å²) in [7, 11) is -5.58. The molecule has 0 aliphatic heterocycles. The van der Waals surface area contributed by atoms with E-state index in [0.717, 1.165) is 0 Å². The molecular formula is C36H60N2Si4. The highest BCUT2D eigenvalue weighted by Gasteiger charge is 2.45. The molecule has 2 aromatic rings. The SMILES string of the molecule is C[SiH](C)C1=C([Si](C)(C)CC[Si](C)(C)C2=C([SiH](C)C)C(NC(C)(C)C)c3ccccc32)c2ccccc2C1NC(C)(C)C. The van der Waals surface area contributed by atoms with Gasteiger partial charge in [0, 0.05) is 11.1 Å². The van der Waals surface area contributed by atoms with Crippen molar-refractivity contribution >= 4 is 44.1 Å². The van der Waals surface area contributed by atoms with Gasteiger partial charge in [-0.3, -0.25) is 0 Å². The lowest BCUT2D eigenvalue weighted by atomic mass is 10.0. The maximum absolute atomic E-state index is 4.08. The molecule has 2 nitrogen and oxygen atoms in total. The third kappa shape index (κ3) is 6.84. The number of hydrogen-bond acceptors (Lipinski definition) is 2. The zero-order chi connectivity index (χ0) is 31.4. The Kier molecular flexibility index (Phi) is 9.52. The van der Waals surface area contributed by atoms with Crippen LogP contribution in [0.2, 0.25) is 64.5 Å². The highest BCUT2D eigenvalue weighted by molar-refractivity contribution is 7.01. The largest absolute Gasteiger partial charge is 0.302 e. The second kappa shape index (κ2) is 11.9. The predicted octanol–water partition coefficient (Wildman–Crippen LogP) is 9.33.